The van der Waals surface area contributed by atoms with Crippen LogP contribution in [0, 0.1) is 0 Å². The fourth-order valence-electron chi connectivity index (χ4n) is 0.167. The molecule has 0 radical (unpaired) electrons. The van der Waals surface area contributed by atoms with Crippen LogP contribution in [0.3, 0.4) is 0 Å². The SMILES string of the molecule is CCOS(S)=S=S=S(=S)=S. The van der Waals surface area contributed by atoms with Gasteiger partial charge in [-0.15, -0.1) is 0 Å². The van der Waals surface area contributed by atoms with E-state index in [4.69, 9.17) is 26.6 Å². The third-order valence-corrected chi connectivity index (χ3v) is 11.2. The number of rotatable bonds is 2. The highest BCUT2D eigenvalue weighted by molar-refractivity contribution is 8.85. The number of thiol groups is 1. The Morgan fingerprint density at radius 1 is 1.50 bits per heavy atom. The Morgan fingerprint density at radius 3 is 2.50 bits per heavy atom. The van der Waals surface area contributed by atoms with Crippen LogP contribution in [-0.4, -0.2) is 6.61 Å². The lowest BCUT2D eigenvalue weighted by atomic mass is 10.9. The zero-order valence-electron chi connectivity index (χ0n) is 5.01. The van der Waals surface area contributed by atoms with Gasteiger partial charge in [-0.2, -0.15) is 0 Å². The lowest BCUT2D eigenvalue weighted by Gasteiger charge is -1.91. The van der Waals surface area contributed by atoms with Crippen molar-refractivity contribution in [1.29, 1.82) is 0 Å². The first kappa shape index (κ1) is 11.8. The Labute approximate surface area is 84.0 Å². The van der Waals surface area contributed by atoms with Crippen LogP contribution < -0.4 is 0 Å². The Morgan fingerprint density at radius 2 is 2.10 bits per heavy atom. The van der Waals surface area contributed by atoms with E-state index in [2.05, 4.69) is 11.7 Å². The molecule has 0 fully saturated rings. The van der Waals surface area contributed by atoms with Crippen molar-refractivity contribution in [3.8, 4) is 0 Å². The molecule has 0 aliphatic rings. The Balaban J connectivity index is 4.62. The molecule has 0 heterocycles. The van der Waals surface area contributed by atoms with Crippen LogP contribution in [0.15, 0.2) is 0 Å². The van der Waals surface area contributed by atoms with E-state index in [0.29, 0.717) is 6.61 Å². The Hall–Kier alpha value is 1.76. The first-order chi connectivity index (χ1) is 4.66. The molecular formula is C2H6OS7. The average Bonchev–Trinajstić information content (AvgIpc) is 1.85. The molecule has 0 bridgehead atoms. The van der Waals surface area contributed by atoms with Crippen molar-refractivity contribution in [2.24, 2.45) is 0 Å². The minimum atomic E-state index is -0.415. The van der Waals surface area contributed by atoms with Crippen molar-refractivity contribution < 1.29 is 4.18 Å². The van der Waals surface area contributed by atoms with Crippen LogP contribution in [0.4, 0.5) is 0 Å². The van der Waals surface area contributed by atoms with Gasteiger partial charge in [0.25, 0.3) is 0 Å². The molecular weight excluding hydrogens is 264 g/mol. The molecule has 0 aliphatic carbocycles. The van der Waals surface area contributed by atoms with Gasteiger partial charge in [0.15, 0.2) is 0 Å². The van der Waals surface area contributed by atoms with Gasteiger partial charge < -0.3 is 4.18 Å². The quantitative estimate of drug-likeness (QED) is 0.589. The summed E-state index contributed by atoms with van der Waals surface area (Å²) >= 11 is 13.7. The Bertz CT molecular complexity index is 278. The van der Waals surface area contributed by atoms with E-state index in [1.54, 1.807) is 0 Å². The first-order valence-electron chi connectivity index (χ1n) is 2.18. The molecule has 0 aromatic carbocycles. The first-order valence-corrected chi connectivity index (χ1v) is 10.6. The fourth-order valence-corrected chi connectivity index (χ4v) is 10.9. The average molecular weight is 271 g/mol. The third kappa shape index (κ3) is 7.86. The van der Waals surface area contributed by atoms with Gasteiger partial charge in [0.2, 0.25) is 0 Å². The van der Waals surface area contributed by atoms with Gasteiger partial charge in [-0.25, -0.2) is 0 Å². The smallest absolute Gasteiger partial charge is 0.0653 e. The van der Waals surface area contributed by atoms with Gasteiger partial charge in [-0.1, -0.05) is 11.7 Å². The molecule has 0 spiro atoms. The van der Waals surface area contributed by atoms with Gasteiger partial charge in [0, 0.05) is 0 Å². The summed E-state index contributed by atoms with van der Waals surface area (Å²) in [5.74, 6) is 0. The van der Waals surface area contributed by atoms with E-state index >= 15 is 0 Å². The van der Waals surface area contributed by atoms with E-state index in [1.165, 1.54) is 17.8 Å². The highest BCUT2D eigenvalue weighted by Crippen LogP contribution is 1.89. The van der Waals surface area contributed by atoms with Crippen molar-refractivity contribution in [1.82, 2.24) is 0 Å². The van der Waals surface area contributed by atoms with Crippen LogP contribution >= 0.6 is 11.7 Å². The Kier molecular flexibility index (Phi) is 8.72. The van der Waals surface area contributed by atoms with E-state index in [0.717, 1.165) is 0 Å². The molecule has 0 aromatic rings. The summed E-state index contributed by atoms with van der Waals surface area (Å²) in [6.07, 6.45) is 0. The number of hydrogen-bond acceptors (Lipinski definition) is 3. The van der Waals surface area contributed by atoms with Crippen molar-refractivity contribution in [3.05, 3.63) is 0 Å². The maximum absolute atomic E-state index is 5.14. The van der Waals surface area contributed by atoms with Gasteiger partial charge >= 0.3 is 0 Å². The summed E-state index contributed by atoms with van der Waals surface area (Å²) in [6.45, 7) is 2.20. The molecule has 62 valence electrons. The monoisotopic (exact) mass is 270 g/mol. The second-order valence-electron chi connectivity index (χ2n) is 0.964. The highest BCUT2D eigenvalue weighted by atomic mass is 33.5. The standard InChI is InChI=1S/C2H6OS7/c1-2-3-9(4)7-8-10(5)6/h4H,2H2,1H3. The lowest BCUT2D eigenvalue weighted by molar-refractivity contribution is 0.404. The molecule has 10 heavy (non-hydrogen) atoms. The molecule has 1 atom stereocenters. The molecule has 0 aromatic heterocycles. The van der Waals surface area contributed by atoms with E-state index in [-0.39, 0.29) is 8.77 Å². The molecule has 1 unspecified atom stereocenters. The minimum absolute atomic E-state index is 0.343. The predicted molar refractivity (Wildman–Crippen MR) is 64.8 cm³/mol. The molecule has 0 saturated heterocycles. The van der Waals surface area contributed by atoms with Crippen LogP contribution in [-0.2, 0) is 59.7 Å². The van der Waals surface area contributed by atoms with Crippen LogP contribution in [0.25, 0.3) is 0 Å². The zero-order chi connectivity index (χ0) is 7.98. The predicted octanol–water partition coefficient (Wildman–Crippen LogP) is 0.853. The molecule has 0 aliphatic heterocycles. The largest absolute Gasteiger partial charge is 0.304 e. The maximum Gasteiger partial charge on any atom is 0.0653 e. The van der Waals surface area contributed by atoms with Gasteiger partial charge in [-0.3, -0.25) is 0 Å². The topological polar surface area (TPSA) is 9.23 Å². The molecule has 0 amide bonds. The molecule has 8 heteroatoms. The van der Waals surface area contributed by atoms with Crippen molar-refractivity contribution in [2.45, 2.75) is 6.92 Å². The van der Waals surface area contributed by atoms with Gasteiger partial charge in [0.05, 0.1) is 15.4 Å². The molecule has 0 saturated carbocycles. The van der Waals surface area contributed by atoms with Crippen molar-refractivity contribution in [2.75, 3.05) is 6.61 Å². The zero-order valence-corrected chi connectivity index (χ0v) is 10.8. The molecule has 1 nitrogen and oxygen atoms in total. The summed E-state index contributed by atoms with van der Waals surface area (Å²) in [4.78, 5) is 0. The maximum atomic E-state index is 5.14. The normalized spacial score (nSPS) is 12.2. The second-order valence-corrected chi connectivity index (χ2v) is 13.1. The van der Waals surface area contributed by atoms with Gasteiger partial charge in [0.1, 0.15) is 0 Å². The van der Waals surface area contributed by atoms with E-state index < -0.39 is 6.57 Å². The van der Waals surface area contributed by atoms with Crippen LogP contribution in [0.1, 0.15) is 6.92 Å². The van der Waals surface area contributed by atoms with Crippen molar-refractivity contribution in [3.63, 3.8) is 0 Å². The lowest BCUT2D eigenvalue weighted by Crippen LogP contribution is -1.85. The summed E-state index contributed by atoms with van der Waals surface area (Å²) in [6, 6.07) is 0. The summed E-state index contributed by atoms with van der Waals surface area (Å²) < 4.78 is 5.14. The minimum Gasteiger partial charge on any atom is -0.304 e. The highest BCUT2D eigenvalue weighted by Gasteiger charge is 1.78. The van der Waals surface area contributed by atoms with E-state index in [9.17, 15) is 0 Å². The van der Waals surface area contributed by atoms with E-state index in [1.807, 2.05) is 6.92 Å². The van der Waals surface area contributed by atoms with Crippen LogP contribution in [0.2, 0.25) is 0 Å². The van der Waals surface area contributed by atoms with Gasteiger partial charge in [-0.05, 0) is 53.6 Å². The fraction of sp³-hybridized carbons (Fsp3) is 1.00. The summed E-state index contributed by atoms with van der Waals surface area (Å²) in [5, 5.41) is 0. The summed E-state index contributed by atoms with van der Waals surface area (Å²) in [7, 11) is 2.62. The summed E-state index contributed by atoms with van der Waals surface area (Å²) in [5.41, 5.74) is 0. The molecule has 0 rings (SSSR count). The van der Waals surface area contributed by atoms with Crippen molar-refractivity contribution >= 4 is 67.1 Å². The molecule has 0 N–H and O–H groups in total. The number of hydrogen-bond donors (Lipinski definition) is 1. The second kappa shape index (κ2) is 7.41. The third-order valence-electron chi connectivity index (χ3n) is 0.360. The van der Waals surface area contributed by atoms with Crippen LogP contribution in [0.5, 0.6) is 0 Å².